The molecule has 4 aromatic carbocycles. The summed E-state index contributed by atoms with van der Waals surface area (Å²) >= 11 is 0. The number of carboxylic acids is 1. The lowest BCUT2D eigenvalue weighted by Crippen LogP contribution is -2.55. The molecule has 8 fully saturated rings. The van der Waals surface area contributed by atoms with Crippen molar-refractivity contribution in [2.24, 2.45) is 90.7 Å². The quantitative estimate of drug-likeness (QED) is 0.0420. The van der Waals surface area contributed by atoms with Crippen LogP contribution in [0.1, 0.15) is 326 Å². The van der Waals surface area contributed by atoms with E-state index >= 15 is 0 Å². The predicted octanol–water partition coefficient (Wildman–Crippen LogP) is 22.3. The fraction of sp³-hybridized carbons (Fsp3) is 0.717. The normalized spacial score (nSPS) is 36.3. The number of fused-ring (bicyclic) bond motifs is 20. The zero-order valence-electron chi connectivity index (χ0n) is 76.3. The molecular formula is C99H145NO15P3-. The summed E-state index contributed by atoms with van der Waals surface area (Å²) in [5.74, 6) is 3.97. The highest BCUT2D eigenvalue weighted by atomic mass is 31.2. The number of esters is 1. The van der Waals surface area contributed by atoms with Crippen molar-refractivity contribution in [3.63, 3.8) is 0 Å². The van der Waals surface area contributed by atoms with Crippen LogP contribution >= 0.6 is 22.8 Å². The van der Waals surface area contributed by atoms with Gasteiger partial charge in [0.15, 0.2) is 11.8 Å². The molecule has 8 saturated carbocycles. The molecule has 0 aliphatic heterocycles. The van der Waals surface area contributed by atoms with Crippen molar-refractivity contribution in [1.29, 1.82) is 0 Å². The van der Waals surface area contributed by atoms with Crippen LogP contribution in [0.5, 0.6) is 23.0 Å². The van der Waals surface area contributed by atoms with E-state index < -0.39 is 58.9 Å². The molecule has 19 heteroatoms. The first-order valence-corrected chi connectivity index (χ1v) is 51.1. The Hall–Kier alpha value is -5.07. The average molecular weight is 1680 g/mol. The molecule has 4 unspecified atom stereocenters. The van der Waals surface area contributed by atoms with Gasteiger partial charge >= 0.3 is 28.8 Å². The highest BCUT2D eigenvalue weighted by Crippen LogP contribution is 2.73. The first-order chi connectivity index (χ1) is 54.3. The minimum absolute atomic E-state index is 0.0789. The summed E-state index contributed by atoms with van der Waals surface area (Å²) in [6, 6.07) is 14.4. The van der Waals surface area contributed by atoms with Crippen LogP contribution in [0.2, 0.25) is 0 Å². The maximum atomic E-state index is 12.9. The Morgan fingerprint density at radius 2 is 0.636 bits per heavy atom. The van der Waals surface area contributed by atoms with Crippen LogP contribution in [-0.4, -0.2) is 64.3 Å². The molecule has 652 valence electrons. The van der Waals surface area contributed by atoms with Gasteiger partial charge in [-0.2, -0.15) is 0 Å². The van der Waals surface area contributed by atoms with Crippen molar-refractivity contribution in [2.45, 2.75) is 340 Å². The number of ketones is 1. The van der Waals surface area contributed by atoms with Crippen LogP contribution in [0.15, 0.2) is 48.5 Å². The summed E-state index contributed by atoms with van der Waals surface area (Å²) < 4.78 is 57.0. The number of carbonyl (C=O) groups is 4. The van der Waals surface area contributed by atoms with Crippen molar-refractivity contribution in [3.05, 3.63) is 115 Å². The minimum atomic E-state index is -3.54. The van der Waals surface area contributed by atoms with Crippen LogP contribution in [0, 0.1) is 118 Å². The highest BCUT2D eigenvalue weighted by molar-refractivity contribution is 7.52. The van der Waals surface area contributed by atoms with Gasteiger partial charge in [-0.15, -0.1) is 0 Å². The summed E-state index contributed by atoms with van der Waals surface area (Å²) in [4.78, 5) is 76.6. The second-order valence-corrected chi connectivity index (χ2v) is 50.5. The lowest BCUT2D eigenvalue weighted by atomic mass is 9.43. The number of carboxylic acid groups (broad SMARTS) is 1. The Labute approximate surface area is 707 Å². The number of amides is 1. The second-order valence-electron chi connectivity index (χ2n) is 45.1. The van der Waals surface area contributed by atoms with E-state index in [1.807, 2.05) is 48.5 Å². The van der Waals surface area contributed by atoms with Gasteiger partial charge < -0.3 is 48.2 Å². The van der Waals surface area contributed by atoms with E-state index in [1.54, 1.807) is 0 Å². The van der Waals surface area contributed by atoms with E-state index in [0.717, 1.165) is 55.4 Å². The summed E-state index contributed by atoms with van der Waals surface area (Å²) in [6.45, 7) is 53.3. The maximum Gasteiger partial charge on any atom is 0.373 e. The largest absolute Gasteiger partial charge is 0.550 e. The van der Waals surface area contributed by atoms with Crippen molar-refractivity contribution in [3.8, 4) is 23.0 Å². The standard InChI is InChI=1S/C30H41NO6.3C23H35O3P/c1-17-14-20(37-27(36)26(18(2)32)31-23(33)8-9-24(34)35)15-19-16-22-29(5)12-7-11-28(3,4)21(29)10-13-30(22,6)25(17)19;3*1-15-12-17(26-27(6,24)25)13-16-14-19-22(4)10-7-9-21(2,3)18(22)8-11-23(19,5)20(15)16/h14-15,21-22,26H,7-13,16H2,1-6H3,(H,31,33)(H,34,35);3*12-13,18-19H,7-11,14H2,1-6H3,(H,24,25)/p-1/t21-,22+,26?,29-,30+;18-,19+,22-,23-;18-,19-,22-,23+;18-,19-,22-,23-/m0000/s1. The number of carbonyl (C=O) groups excluding carboxylic acids is 4. The van der Waals surface area contributed by atoms with Crippen molar-refractivity contribution < 1.29 is 71.0 Å². The monoisotopic (exact) mass is 1680 g/mol. The SMILES string of the molecule is CC(=O)C(NC(=O)CCC(=O)[O-])C(=O)Oc1cc(C)c2c(c1)C[C@@H]1[C@@]3(C)CCCC(C)(C)[C@@H]3CC[C@@]21C.Cc1cc(OP(C)(=O)O)cc2c1[C@@]1(C)CC[C@H]3C(C)(C)CCC[C@]3(C)[C@@H]1C2.Cc1cc(OP(C)(=O)O)cc2c1[C@@]1(C)CC[C@H]3C(C)(C)CCC[C@]3(C)[C@H]1C2.Cc1cc(OP(C)(=O)O)cc2c1[C@]1(C)CC[C@H]3C(C)(C)CCC[C@]3(C)[C@@H]1C2. The number of ether oxygens (including phenoxy) is 1. The summed E-state index contributed by atoms with van der Waals surface area (Å²) in [5.41, 5.74) is 19.6. The van der Waals surface area contributed by atoms with Gasteiger partial charge in [0.1, 0.15) is 23.0 Å². The fourth-order valence-corrected chi connectivity index (χ4v) is 33.0. The van der Waals surface area contributed by atoms with Crippen LogP contribution < -0.4 is 28.7 Å². The number of rotatable bonds is 13. The fourth-order valence-electron chi connectivity index (χ4n) is 31.5. The van der Waals surface area contributed by atoms with Crippen molar-refractivity contribution in [2.75, 3.05) is 20.0 Å². The summed E-state index contributed by atoms with van der Waals surface area (Å²) in [6.07, 6.45) is 29.2. The van der Waals surface area contributed by atoms with Crippen LogP contribution in [-0.2, 0) is 80.2 Å². The third kappa shape index (κ3) is 16.3. The Morgan fingerprint density at radius 1 is 0.390 bits per heavy atom. The molecule has 0 heterocycles. The Bertz CT molecular complexity index is 4460. The molecule has 0 aromatic heterocycles. The van der Waals surface area contributed by atoms with E-state index in [0.29, 0.717) is 90.5 Å². The lowest BCUT2D eigenvalue weighted by Gasteiger charge is -2.61. The van der Waals surface area contributed by atoms with Gasteiger partial charge in [-0.3, -0.25) is 9.59 Å². The highest BCUT2D eigenvalue weighted by Gasteiger charge is 2.66. The number of benzene rings is 4. The Balaban J connectivity index is 0.000000138. The Morgan fingerprint density at radius 3 is 0.873 bits per heavy atom. The van der Waals surface area contributed by atoms with Gasteiger partial charge in [0.2, 0.25) is 5.91 Å². The number of nitrogens with one attached hydrogen (secondary N) is 1. The Kier molecular flexibility index (Phi) is 23.8. The zero-order valence-corrected chi connectivity index (χ0v) is 79.0. The van der Waals surface area contributed by atoms with Crippen molar-refractivity contribution >= 4 is 46.4 Å². The average Bonchev–Trinajstić information content (AvgIpc) is 1.53. The van der Waals surface area contributed by atoms with Crippen molar-refractivity contribution in [1.82, 2.24) is 5.32 Å². The van der Waals surface area contributed by atoms with Crippen LogP contribution in [0.4, 0.5) is 0 Å². The van der Waals surface area contributed by atoms with E-state index in [2.05, 4.69) is 144 Å². The molecule has 118 heavy (non-hydrogen) atoms. The molecule has 12 aliphatic carbocycles. The molecule has 4 aromatic rings. The maximum absolute atomic E-state index is 12.9. The van der Waals surface area contributed by atoms with E-state index in [-0.39, 0.29) is 33.5 Å². The number of hydrogen-bond donors (Lipinski definition) is 4. The first kappa shape index (κ1) is 90.7. The summed E-state index contributed by atoms with van der Waals surface area (Å²) in [7, 11) is -10.6. The van der Waals surface area contributed by atoms with Gasteiger partial charge in [-0.25, -0.2) is 18.5 Å². The van der Waals surface area contributed by atoms with Gasteiger partial charge in [-0.1, -0.05) is 136 Å². The molecule has 0 radical (unpaired) electrons. The lowest BCUT2D eigenvalue weighted by molar-refractivity contribution is -0.305. The third-order valence-corrected chi connectivity index (χ3v) is 36.9. The minimum Gasteiger partial charge on any atom is -0.550 e. The van der Waals surface area contributed by atoms with E-state index in [9.17, 15) is 52.7 Å². The molecule has 0 saturated heterocycles. The zero-order chi connectivity index (χ0) is 86.8. The molecule has 16 rings (SSSR count). The molecule has 4 N–H and O–H groups in total. The van der Waals surface area contributed by atoms with E-state index in [4.69, 9.17) is 18.3 Å². The summed E-state index contributed by atoms with van der Waals surface area (Å²) in [5, 5.41) is 12.9. The van der Waals surface area contributed by atoms with E-state index in [1.165, 1.54) is 210 Å². The molecule has 12 aliphatic rings. The number of Topliss-reactive ketones (excluding diaryl/α,β-unsaturated/α-hetero) is 1. The number of hydrogen-bond acceptors (Lipinski definition) is 12. The molecular weight excluding hydrogens is 1540 g/mol. The van der Waals surface area contributed by atoms with Gasteiger partial charge in [-0.05, 0) is 397 Å². The molecule has 1 amide bonds. The smallest absolute Gasteiger partial charge is 0.373 e. The molecule has 20 atom stereocenters. The number of aliphatic carboxylic acids is 1. The topological polar surface area (TPSA) is 252 Å². The molecule has 0 spiro atoms. The molecule has 16 nitrogen and oxygen atoms in total. The number of aryl methyl sites for hydroxylation is 4. The predicted molar refractivity (Wildman–Crippen MR) is 468 cm³/mol. The first-order valence-electron chi connectivity index (χ1n) is 45.1. The van der Waals surface area contributed by atoms with Crippen LogP contribution in [0.25, 0.3) is 0 Å². The van der Waals surface area contributed by atoms with Crippen LogP contribution in [0.3, 0.4) is 0 Å². The van der Waals surface area contributed by atoms with Gasteiger partial charge in [0, 0.05) is 32.4 Å². The van der Waals surface area contributed by atoms with Gasteiger partial charge in [0.05, 0.1) is 0 Å². The third-order valence-electron chi connectivity index (χ3n) is 35.3. The molecule has 0 bridgehead atoms. The van der Waals surface area contributed by atoms with Gasteiger partial charge in [0.25, 0.3) is 0 Å². The second kappa shape index (κ2) is 31.0.